The lowest BCUT2D eigenvalue weighted by atomic mass is 9.80. The summed E-state index contributed by atoms with van der Waals surface area (Å²) in [6.07, 6.45) is 5.28. The number of aryl methyl sites for hydroxylation is 1. The van der Waals surface area contributed by atoms with Gasteiger partial charge >= 0.3 is 0 Å². The standard InChI is InChI=1S/C17H15N3OS/c21-16-12(5-6-13-17(16)22-9-19-13)15-11-4-2-1-3-10(11)14-7-18-8-20(14)15/h1-4,7-9,12,15-16,21H,5-6H2/t12-,15-,16+/m1/s1. The maximum absolute atomic E-state index is 10.9. The van der Waals surface area contributed by atoms with Crippen LogP contribution in [0.2, 0.25) is 0 Å². The lowest BCUT2D eigenvalue weighted by Crippen LogP contribution is -2.27. The van der Waals surface area contributed by atoms with E-state index >= 15 is 0 Å². The fourth-order valence-electron chi connectivity index (χ4n) is 4.00. The summed E-state index contributed by atoms with van der Waals surface area (Å²) in [6.45, 7) is 0. The van der Waals surface area contributed by atoms with Gasteiger partial charge in [0.2, 0.25) is 0 Å². The van der Waals surface area contributed by atoms with Crippen molar-refractivity contribution in [2.45, 2.75) is 25.0 Å². The van der Waals surface area contributed by atoms with Crippen LogP contribution in [0.15, 0.2) is 42.3 Å². The number of nitrogens with zero attached hydrogens (tertiary/aromatic N) is 3. The molecule has 5 rings (SSSR count). The average Bonchev–Trinajstić information content (AvgIpc) is 3.23. The van der Waals surface area contributed by atoms with Crippen molar-refractivity contribution in [3.8, 4) is 11.3 Å². The van der Waals surface area contributed by atoms with Gasteiger partial charge in [0.05, 0.1) is 46.4 Å². The molecular formula is C17H15N3OS. The van der Waals surface area contributed by atoms with Crippen molar-refractivity contribution in [1.82, 2.24) is 14.5 Å². The van der Waals surface area contributed by atoms with Crippen molar-refractivity contribution in [1.29, 1.82) is 0 Å². The third kappa shape index (κ3) is 1.55. The van der Waals surface area contributed by atoms with E-state index in [9.17, 15) is 5.11 Å². The highest BCUT2D eigenvalue weighted by Crippen LogP contribution is 2.50. The number of fused-ring (bicyclic) bond motifs is 4. The SMILES string of the molecule is O[C@@H]1c2scnc2CC[C@@H]1[C@H]1c2ccccc2-c2cncn21. The first-order chi connectivity index (χ1) is 10.8. The fourth-order valence-corrected chi connectivity index (χ4v) is 4.90. The molecule has 1 aliphatic carbocycles. The van der Waals surface area contributed by atoms with Crippen LogP contribution in [0.1, 0.15) is 34.7 Å². The van der Waals surface area contributed by atoms with Crippen LogP contribution in [-0.4, -0.2) is 19.6 Å². The van der Waals surface area contributed by atoms with E-state index in [-0.39, 0.29) is 12.0 Å². The number of aliphatic hydroxyl groups is 1. The third-order valence-corrected chi connectivity index (χ3v) is 5.93. The van der Waals surface area contributed by atoms with Gasteiger partial charge in [-0.15, -0.1) is 11.3 Å². The summed E-state index contributed by atoms with van der Waals surface area (Å²) in [4.78, 5) is 9.75. The highest BCUT2D eigenvalue weighted by Gasteiger charge is 2.41. The second kappa shape index (κ2) is 4.51. The van der Waals surface area contributed by atoms with E-state index in [0.29, 0.717) is 0 Å². The van der Waals surface area contributed by atoms with Crippen molar-refractivity contribution < 1.29 is 5.11 Å². The summed E-state index contributed by atoms with van der Waals surface area (Å²) in [5.74, 6) is 0.171. The van der Waals surface area contributed by atoms with E-state index in [4.69, 9.17) is 0 Å². The third-order valence-electron chi connectivity index (χ3n) is 4.99. The van der Waals surface area contributed by atoms with Gasteiger partial charge in [-0.05, 0) is 18.4 Å². The predicted molar refractivity (Wildman–Crippen MR) is 84.7 cm³/mol. The van der Waals surface area contributed by atoms with Crippen LogP contribution in [0, 0.1) is 5.92 Å². The summed E-state index contributed by atoms with van der Waals surface area (Å²) < 4.78 is 2.23. The first-order valence-electron chi connectivity index (χ1n) is 7.56. The largest absolute Gasteiger partial charge is 0.387 e. The minimum atomic E-state index is -0.442. The number of aromatic nitrogens is 3. The molecule has 1 aliphatic heterocycles. The molecule has 0 saturated heterocycles. The second-order valence-corrected chi connectivity index (χ2v) is 6.92. The lowest BCUT2D eigenvalue weighted by molar-refractivity contribution is 0.0748. The van der Waals surface area contributed by atoms with Crippen LogP contribution in [0.3, 0.4) is 0 Å². The summed E-state index contributed by atoms with van der Waals surface area (Å²) in [5, 5.41) is 10.9. The summed E-state index contributed by atoms with van der Waals surface area (Å²) in [5.41, 5.74) is 6.62. The number of imidazole rings is 1. The molecular weight excluding hydrogens is 294 g/mol. The molecule has 0 radical (unpaired) electrons. The molecule has 1 aromatic carbocycles. The van der Waals surface area contributed by atoms with Gasteiger partial charge in [-0.3, -0.25) is 0 Å². The normalized spacial score (nSPS) is 25.6. The first-order valence-corrected chi connectivity index (χ1v) is 8.44. The molecule has 1 N–H and O–H groups in total. The Morgan fingerprint density at radius 1 is 1.27 bits per heavy atom. The molecule has 0 fully saturated rings. The Morgan fingerprint density at radius 3 is 3.14 bits per heavy atom. The van der Waals surface area contributed by atoms with Crippen LogP contribution in [-0.2, 0) is 6.42 Å². The monoisotopic (exact) mass is 309 g/mol. The molecule has 3 atom stereocenters. The fraction of sp³-hybridized carbons (Fsp3) is 0.294. The molecule has 0 saturated carbocycles. The molecule has 3 aromatic rings. The summed E-state index contributed by atoms with van der Waals surface area (Å²) >= 11 is 1.57. The molecule has 0 bridgehead atoms. The molecule has 22 heavy (non-hydrogen) atoms. The van der Waals surface area contributed by atoms with Crippen LogP contribution >= 0.6 is 11.3 Å². The summed E-state index contributed by atoms with van der Waals surface area (Å²) in [6, 6.07) is 8.65. The van der Waals surface area contributed by atoms with Gasteiger partial charge in [-0.1, -0.05) is 24.3 Å². The minimum absolute atomic E-state index is 0.166. The Hall–Kier alpha value is -1.98. The molecule has 4 nitrogen and oxygen atoms in total. The Kier molecular flexibility index (Phi) is 2.57. The van der Waals surface area contributed by atoms with E-state index in [1.165, 1.54) is 11.1 Å². The number of rotatable bonds is 1. The van der Waals surface area contributed by atoms with E-state index < -0.39 is 6.10 Å². The highest BCUT2D eigenvalue weighted by atomic mass is 32.1. The summed E-state index contributed by atoms with van der Waals surface area (Å²) in [7, 11) is 0. The van der Waals surface area contributed by atoms with Crippen molar-refractivity contribution >= 4 is 11.3 Å². The second-order valence-electron chi connectivity index (χ2n) is 6.03. The molecule has 3 heterocycles. The Balaban J connectivity index is 1.65. The van der Waals surface area contributed by atoms with Gasteiger partial charge < -0.3 is 9.67 Å². The van der Waals surface area contributed by atoms with Gasteiger partial charge in [0, 0.05) is 11.5 Å². The quantitative estimate of drug-likeness (QED) is 0.751. The van der Waals surface area contributed by atoms with Crippen LogP contribution in [0.5, 0.6) is 0 Å². The maximum atomic E-state index is 10.9. The smallest absolute Gasteiger partial charge is 0.0956 e. The minimum Gasteiger partial charge on any atom is -0.387 e. The van der Waals surface area contributed by atoms with Gasteiger partial charge in [0.15, 0.2) is 0 Å². The zero-order valence-electron chi connectivity index (χ0n) is 11.9. The first kappa shape index (κ1) is 12.6. The highest BCUT2D eigenvalue weighted by molar-refractivity contribution is 7.09. The average molecular weight is 309 g/mol. The molecule has 0 spiro atoms. The number of hydrogen-bond acceptors (Lipinski definition) is 4. The molecule has 110 valence electrons. The molecule has 5 heteroatoms. The number of benzene rings is 1. The molecule has 0 amide bonds. The van der Waals surface area contributed by atoms with Crippen LogP contribution < -0.4 is 0 Å². The molecule has 2 aliphatic rings. The lowest BCUT2D eigenvalue weighted by Gasteiger charge is -2.33. The zero-order valence-corrected chi connectivity index (χ0v) is 12.7. The zero-order chi connectivity index (χ0) is 14.7. The van der Waals surface area contributed by atoms with Crippen molar-refractivity contribution in [3.63, 3.8) is 0 Å². The van der Waals surface area contributed by atoms with E-state index in [2.05, 4.69) is 38.8 Å². The van der Waals surface area contributed by atoms with E-state index in [1.54, 1.807) is 11.3 Å². The Bertz CT molecular complexity index is 853. The van der Waals surface area contributed by atoms with Gasteiger partial charge in [0.1, 0.15) is 0 Å². The van der Waals surface area contributed by atoms with Crippen molar-refractivity contribution in [3.05, 3.63) is 58.4 Å². The van der Waals surface area contributed by atoms with Crippen molar-refractivity contribution in [2.75, 3.05) is 0 Å². The topological polar surface area (TPSA) is 50.9 Å². The Labute approximate surface area is 132 Å². The predicted octanol–water partition coefficient (Wildman–Crippen LogP) is 3.21. The van der Waals surface area contributed by atoms with Crippen molar-refractivity contribution in [2.24, 2.45) is 5.92 Å². The van der Waals surface area contributed by atoms with Gasteiger partial charge in [-0.25, -0.2) is 9.97 Å². The molecule has 0 unspecified atom stereocenters. The van der Waals surface area contributed by atoms with Gasteiger partial charge in [0.25, 0.3) is 0 Å². The Morgan fingerprint density at radius 2 is 2.18 bits per heavy atom. The van der Waals surface area contributed by atoms with E-state index in [0.717, 1.165) is 29.1 Å². The van der Waals surface area contributed by atoms with Gasteiger partial charge in [-0.2, -0.15) is 0 Å². The number of thiazole rings is 1. The number of aliphatic hydroxyl groups excluding tert-OH is 1. The van der Waals surface area contributed by atoms with Crippen LogP contribution in [0.4, 0.5) is 0 Å². The van der Waals surface area contributed by atoms with Crippen LogP contribution in [0.25, 0.3) is 11.3 Å². The van der Waals surface area contributed by atoms with E-state index in [1.807, 2.05) is 18.0 Å². The number of hydrogen-bond donors (Lipinski definition) is 1. The molecule has 2 aromatic heterocycles. The maximum Gasteiger partial charge on any atom is 0.0956 e.